The number of alkyl carbamates (subject to hydrolysis) is 1. The van der Waals surface area contributed by atoms with Crippen LogP contribution in [-0.4, -0.2) is 64.2 Å². The molecule has 8 nitrogen and oxygen atoms in total. The summed E-state index contributed by atoms with van der Waals surface area (Å²) in [6, 6.07) is 2.08. The lowest BCUT2D eigenvalue weighted by Crippen LogP contribution is -2.46. The van der Waals surface area contributed by atoms with Gasteiger partial charge in [-0.3, -0.25) is 4.79 Å². The van der Waals surface area contributed by atoms with E-state index in [2.05, 4.69) is 10.6 Å². The Kier molecular flexibility index (Phi) is 6.78. The Balaban J connectivity index is 1.37. The molecule has 3 aliphatic rings. The molecular weight excluding hydrogens is 456 g/mol. The molecule has 3 fully saturated rings. The predicted molar refractivity (Wildman–Crippen MR) is 118 cm³/mol. The zero-order valence-electron chi connectivity index (χ0n) is 18.5. The standard InChI is InChI=1S/C22H29F2N3O5S/c1-2-32-22(29)25-10-16-9-17(21(28)26-16)14-7-18(23)20(19(24)8-14)27-5-3-13(4-6-27)15-11-33(30,31)12-15/h7-8,13,15-17H,2-6,9-12H2,1H3,(H,25,29)(H,26,28)/t16?,17-/m0/s1. The van der Waals surface area contributed by atoms with E-state index in [0.29, 0.717) is 32.4 Å². The fourth-order valence-corrected chi connectivity index (χ4v) is 6.87. The topological polar surface area (TPSA) is 105 Å². The maximum atomic E-state index is 15.0. The third kappa shape index (κ3) is 5.23. The summed E-state index contributed by atoms with van der Waals surface area (Å²) in [4.78, 5) is 25.5. The van der Waals surface area contributed by atoms with Crippen LogP contribution in [0.2, 0.25) is 0 Å². The highest BCUT2D eigenvalue weighted by Gasteiger charge is 2.40. The first-order chi connectivity index (χ1) is 15.7. The number of benzene rings is 1. The molecule has 2 amide bonds. The van der Waals surface area contributed by atoms with E-state index in [4.69, 9.17) is 4.74 Å². The Hall–Kier alpha value is -2.43. The van der Waals surface area contributed by atoms with Gasteiger partial charge in [0.2, 0.25) is 5.91 Å². The SMILES string of the molecule is CCOC(=O)NCC1C[C@@H](c2cc(F)c(N3CCC(C4CS(=O)(=O)C4)CC3)c(F)c2)C(=O)N1. The van der Waals surface area contributed by atoms with Gasteiger partial charge in [0.15, 0.2) is 9.84 Å². The molecule has 0 saturated carbocycles. The van der Waals surface area contributed by atoms with E-state index >= 15 is 0 Å². The van der Waals surface area contributed by atoms with Crippen LogP contribution in [0.3, 0.4) is 0 Å². The van der Waals surface area contributed by atoms with Crippen LogP contribution in [0.4, 0.5) is 19.3 Å². The summed E-state index contributed by atoms with van der Waals surface area (Å²) in [7, 11) is -2.88. The van der Waals surface area contributed by atoms with E-state index in [0.717, 1.165) is 0 Å². The van der Waals surface area contributed by atoms with E-state index in [1.165, 1.54) is 12.1 Å². The largest absolute Gasteiger partial charge is 0.450 e. The number of hydrogen-bond acceptors (Lipinski definition) is 6. The van der Waals surface area contributed by atoms with Gasteiger partial charge in [0.25, 0.3) is 0 Å². The number of amides is 2. The van der Waals surface area contributed by atoms with Crippen LogP contribution in [0.1, 0.15) is 37.7 Å². The molecule has 0 aromatic heterocycles. The third-order valence-electron chi connectivity index (χ3n) is 6.85. The first kappa shape index (κ1) is 23.7. The van der Waals surface area contributed by atoms with Gasteiger partial charge in [-0.2, -0.15) is 0 Å². The van der Waals surface area contributed by atoms with Crippen molar-refractivity contribution < 1.29 is 31.5 Å². The van der Waals surface area contributed by atoms with Crippen molar-refractivity contribution in [2.45, 2.75) is 38.1 Å². The van der Waals surface area contributed by atoms with Crippen LogP contribution in [0, 0.1) is 23.5 Å². The maximum absolute atomic E-state index is 15.0. The van der Waals surface area contributed by atoms with Crippen molar-refractivity contribution in [3.63, 3.8) is 0 Å². The summed E-state index contributed by atoms with van der Waals surface area (Å²) in [5.41, 5.74) is 0.164. The molecule has 2 N–H and O–H groups in total. The van der Waals surface area contributed by atoms with Crippen molar-refractivity contribution in [3.05, 3.63) is 29.3 Å². The number of carbonyl (C=O) groups is 2. The van der Waals surface area contributed by atoms with Gasteiger partial charge in [0, 0.05) is 25.7 Å². The summed E-state index contributed by atoms with van der Waals surface area (Å²) in [6.07, 6.45) is 1.11. The van der Waals surface area contributed by atoms with Gasteiger partial charge in [0.1, 0.15) is 17.3 Å². The zero-order chi connectivity index (χ0) is 23.8. The summed E-state index contributed by atoms with van der Waals surface area (Å²) in [5.74, 6) is -1.62. The van der Waals surface area contributed by atoms with Crippen molar-refractivity contribution in [1.29, 1.82) is 0 Å². The zero-order valence-corrected chi connectivity index (χ0v) is 19.3. The molecule has 3 saturated heterocycles. The van der Waals surface area contributed by atoms with Gasteiger partial charge in [-0.25, -0.2) is 22.0 Å². The smallest absolute Gasteiger partial charge is 0.407 e. The molecule has 0 aliphatic carbocycles. The van der Waals surface area contributed by atoms with Crippen LogP contribution in [-0.2, 0) is 19.4 Å². The Bertz CT molecular complexity index is 992. The van der Waals surface area contributed by atoms with Crippen molar-refractivity contribution in [2.75, 3.05) is 42.6 Å². The number of rotatable bonds is 6. The molecule has 3 aliphatic heterocycles. The van der Waals surface area contributed by atoms with Crippen molar-refractivity contribution in [1.82, 2.24) is 10.6 Å². The monoisotopic (exact) mass is 485 g/mol. The van der Waals surface area contributed by atoms with E-state index in [1.807, 2.05) is 0 Å². The van der Waals surface area contributed by atoms with Gasteiger partial charge in [-0.15, -0.1) is 0 Å². The lowest BCUT2D eigenvalue weighted by molar-refractivity contribution is -0.120. The molecule has 3 heterocycles. The number of piperidine rings is 1. The number of anilines is 1. The van der Waals surface area contributed by atoms with E-state index in [1.54, 1.807) is 11.8 Å². The highest BCUT2D eigenvalue weighted by atomic mass is 32.2. The molecule has 11 heteroatoms. The van der Waals surface area contributed by atoms with Crippen molar-refractivity contribution in [2.24, 2.45) is 11.8 Å². The van der Waals surface area contributed by atoms with Crippen LogP contribution in [0.15, 0.2) is 12.1 Å². The minimum Gasteiger partial charge on any atom is -0.450 e. The van der Waals surface area contributed by atoms with Gasteiger partial charge in [-0.05, 0) is 55.7 Å². The second kappa shape index (κ2) is 9.44. The summed E-state index contributed by atoms with van der Waals surface area (Å²) in [6.45, 7) is 3.00. The summed E-state index contributed by atoms with van der Waals surface area (Å²) >= 11 is 0. The molecule has 0 bridgehead atoms. The van der Waals surface area contributed by atoms with Gasteiger partial charge >= 0.3 is 6.09 Å². The number of nitrogens with zero attached hydrogens (tertiary/aromatic N) is 1. The molecule has 1 unspecified atom stereocenters. The highest BCUT2D eigenvalue weighted by Crippen LogP contribution is 2.37. The number of ether oxygens (including phenoxy) is 1. The average molecular weight is 486 g/mol. The van der Waals surface area contributed by atoms with E-state index in [9.17, 15) is 26.8 Å². The van der Waals surface area contributed by atoms with E-state index < -0.39 is 33.5 Å². The molecule has 182 valence electrons. The Morgan fingerprint density at radius 3 is 2.39 bits per heavy atom. The average Bonchev–Trinajstić information content (AvgIpc) is 3.11. The van der Waals surface area contributed by atoms with Crippen LogP contribution in [0.5, 0.6) is 0 Å². The van der Waals surface area contributed by atoms with Crippen LogP contribution < -0.4 is 15.5 Å². The van der Waals surface area contributed by atoms with Gasteiger partial charge in [0.05, 0.1) is 24.0 Å². The number of hydrogen-bond donors (Lipinski definition) is 2. The first-order valence-electron chi connectivity index (χ1n) is 11.3. The third-order valence-corrected chi connectivity index (χ3v) is 8.72. The Morgan fingerprint density at radius 2 is 1.82 bits per heavy atom. The van der Waals surface area contributed by atoms with E-state index in [-0.39, 0.29) is 59.7 Å². The lowest BCUT2D eigenvalue weighted by Gasteiger charge is -2.40. The van der Waals surface area contributed by atoms with Gasteiger partial charge < -0.3 is 20.3 Å². The quantitative estimate of drug-likeness (QED) is 0.638. The molecule has 0 radical (unpaired) electrons. The number of halogens is 2. The molecule has 4 rings (SSSR count). The van der Waals surface area contributed by atoms with Gasteiger partial charge in [-0.1, -0.05) is 0 Å². The fraction of sp³-hybridized carbons (Fsp3) is 0.636. The fourth-order valence-electron chi connectivity index (χ4n) is 5.12. The number of carbonyl (C=O) groups excluding carboxylic acids is 2. The molecule has 2 atom stereocenters. The van der Waals surface area contributed by atoms with Crippen molar-refractivity contribution in [3.8, 4) is 0 Å². The first-order valence-corrected chi connectivity index (χ1v) is 13.1. The summed E-state index contributed by atoms with van der Waals surface area (Å²) in [5, 5.41) is 5.29. The number of sulfone groups is 1. The molecule has 0 spiro atoms. The summed E-state index contributed by atoms with van der Waals surface area (Å²) < 4.78 is 57.6. The lowest BCUT2D eigenvalue weighted by atomic mass is 9.85. The highest BCUT2D eigenvalue weighted by molar-refractivity contribution is 7.92. The maximum Gasteiger partial charge on any atom is 0.407 e. The molecular formula is C22H29F2N3O5S. The van der Waals surface area contributed by atoms with Crippen LogP contribution in [0.25, 0.3) is 0 Å². The number of nitrogens with one attached hydrogen (secondary N) is 2. The predicted octanol–water partition coefficient (Wildman–Crippen LogP) is 1.94. The second-order valence-electron chi connectivity index (χ2n) is 9.09. The van der Waals surface area contributed by atoms with Crippen molar-refractivity contribution >= 4 is 27.5 Å². The minimum atomic E-state index is -2.88. The van der Waals surface area contributed by atoms with Crippen LogP contribution >= 0.6 is 0 Å². The molecule has 1 aromatic rings. The Morgan fingerprint density at radius 1 is 1.18 bits per heavy atom. The molecule has 1 aromatic carbocycles. The second-order valence-corrected chi connectivity index (χ2v) is 11.2. The minimum absolute atomic E-state index is 0.0997. The normalized spacial score (nSPS) is 25.4. The molecule has 33 heavy (non-hydrogen) atoms. The Labute approximate surface area is 192 Å².